The van der Waals surface area contributed by atoms with E-state index in [1.807, 2.05) is 0 Å². The van der Waals surface area contributed by atoms with Crippen LogP contribution in [0.15, 0.2) is 12.1 Å². The molecule has 0 fully saturated rings. The highest BCUT2D eigenvalue weighted by molar-refractivity contribution is 6.59. The van der Waals surface area contributed by atoms with Gasteiger partial charge in [-0.05, 0) is 38.8 Å². The molecule has 12 nitrogen and oxygen atoms in total. The predicted molar refractivity (Wildman–Crippen MR) is 117 cm³/mol. The summed E-state index contributed by atoms with van der Waals surface area (Å²) in [5.74, 6) is -3.01. The van der Waals surface area contributed by atoms with Crippen LogP contribution in [0.3, 0.4) is 0 Å². The molecule has 1 unspecified atom stereocenters. The molecule has 0 aliphatic carbocycles. The molecule has 0 radical (unpaired) electrons. The van der Waals surface area contributed by atoms with E-state index >= 15 is 0 Å². The highest BCUT2D eigenvalue weighted by atomic mass is 16.6. The maximum atomic E-state index is 12.3. The second-order valence-corrected chi connectivity index (χ2v) is 8.16. The number of Topliss-reactive ketones (excluding diaryl/α,β-unsaturated/α-hetero) is 1. The van der Waals surface area contributed by atoms with E-state index in [0.29, 0.717) is 5.56 Å². The fourth-order valence-corrected chi connectivity index (χ4v) is 3.28. The summed E-state index contributed by atoms with van der Waals surface area (Å²) in [5.41, 5.74) is 5.77. The number of aryl methyl sites for hydroxylation is 1. The molecule has 1 aromatic rings. The molecule has 7 N–H and O–H groups in total. The van der Waals surface area contributed by atoms with Crippen molar-refractivity contribution in [3.63, 3.8) is 0 Å². The van der Waals surface area contributed by atoms with E-state index in [1.54, 1.807) is 13.0 Å². The van der Waals surface area contributed by atoms with E-state index in [1.165, 1.54) is 19.9 Å². The number of amides is 2. The average Bonchev–Trinajstić information content (AvgIpc) is 2.70. The molecule has 182 valence electrons. The van der Waals surface area contributed by atoms with Gasteiger partial charge in [-0.3, -0.25) is 14.4 Å². The van der Waals surface area contributed by atoms with Crippen LogP contribution >= 0.6 is 0 Å². The molecule has 33 heavy (non-hydrogen) atoms. The zero-order valence-corrected chi connectivity index (χ0v) is 18.7. The summed E-state index contributed by atoms with van der Waals surface area (Å²) in [6, 6.07) is 1.03. The maximum Gasteiger partial charge on any atom is 0.430 e. The minimum atomic E-state index is -3.16. The number of nitrogens with one attached hydrogen (secondary N) is 2. The molecular formula is C20H29BN3O9-. The first kappa shape index (κ1) is 26.1. The van der Waals surface area contributed by atoms with Crippen molar-refractivity contribution >= 4 is 30.3 Å². The van der Waals surface area contributed by atoms with Crippen molar-refractivity contribution in [2.75, 3.05) is 6.54 Å². The Hall–Kier alpha value is -3.16. The second-order valence-electron chi connectivity index (χ2n) is 8.16. The monoisotopic (exact) mass is 466 g/mol. The molecule has 3 atom stereocenters. The number of carboxylic acids is 1. The zero-order valence-electron chi connectivity index (χ0n) is 18.7. The van der Waals surface area contributed by atoms with Crippen molar-refractivity contribution in [3.05, 3.63) is 23.3 Å². The first-order valence-electron chi connectivity index (χ1n) is 10.5. The summed E-state index contributed by atoms with van der Waals surface area (Å²) >= 11 is 0. The largest absolute Gasteiger partial charge is 0.669 e. The molecule has 2 amide bonds. The Morgan fingerprint density at radius 2 is 1.88 bits per heavy atom. The third-order valence-electron chi connectivity index (χ3n) is 5.00. The van der Waals surface area contributed by atoms with Crippen LogP contribution in [0.25, 0.3) is 0 Å². The number of ketones is 1. The van der Waals surface area contributed by atoms with Crippen molar-refractivity contribution in [3.8, 4) is 11.5 Å². The summed E-state index contributed by atoms with van der Waals surface area (Å²) in [4.78, 5) is 47.1. The van der Waals surface area contributed by atoms with Crippen LogP contribution in [-0.2, 0) is 20.8 Å². The lowest BCUT2D eigenvalue weighted by Crippen LogP contribution is -2.51. The Bertz CT molecular complexity index is 938. The zero-order chi connectivity index (χ0) is 24.9. The predicted octanol–water partition coefficient (Wildman–Crippen LogP) is -1.06. The van der Waals surface area contributed by atoms with Crippen molar-refractivity contribution in [1.82, 2.24) is 10.6 Å². The Morgan fingerprint density at radius 1 is 1.21 bits per heavy atom. The van der Waals surface area contributed by atoms with Gasteiger partial charge < -0.3 is 40.9 Å². The lowest BCUT2D eigenvalue weighted by Gasteiger charge is -2.37. The van der Waals surface area contributed by atoms with Crippen molar-refractivity contribution in [2.24, 2.45) is 5.73 Å². The summed E-state index contributed by atoms with van der Waals surface area (Å²) in [5, 5.41) is 34.2. The number of benzene rings is 1. The quantitative estimate of drug-likeness (QED) is 0.231. The van der Waals surface area contributed by atoms with Crippen molar-refractivity contribution < 1.29 is 43.7 Å². The van der Waals surface area contributed by atoms with Gasteiger partial charge >= 0.3 is 12.7 Å². The third-order valence-corrected chi connectivity index (χ3v) is 5.00. The molecular weight excluding hydrogens is 437 g/mol. The molecule has 0 saturated heterocycles. The van der Waals surface area contributed by atoms with Crippen LogP contribution < -0.4 is 25.8 Å². The number of fused-ring (bicyclic) bond motifs is 1. The van der Waals surface area contributed by atoms with Gasteiger partial charge in [-0.1, -0.05) is 12.4 Å². The minimum absolute atomic E-state index is 0.0244. The number of ether oxygens (including phenoxy) is 1. The van der Waals surface area contributed by atoms with E-state index in [4.69, 9.17) is 15.1 Å². The molecule has 1 aromatic carbocycles. The molecule has 0 spiro atoms. The van der Waals surface area contributed by atoms with E-state index in [0.717, 1.165) is 0 Å². The first-order valence-corrected chi connectivity index (χ1v) is 10.5. The summed E-state index contributed by atoms with van der Waals surface area (Å²) in [6.45, 7) is 1.15. The van der Waals surface area contributed by atoms with Crippen LogP contribution in [0.4, 0.5) is 0 Å². The summed E-state index contributed by atoms with van der Waals surface area (Å²) in [7, 11) is 0. The van der Waals surface area contributed by atoms with E-state index in [9.17, 15) is 34.3 Å². The van der Waals surface area contributed by atoms with Crippen LogP contribution in [0.1, 0.15) is 43.1 Å². The summed E-state index contributed by atoms with van der Waals surface area (Å²) < 4.78 is 10.8. The van der Waals surface area contributed by atoms with Crippen LogP contribution in [-0.4, -0.2) is 70.2 Å². The van der Waals surface area contributed by atoms with E-state index in [2.05, 4.69) is 10.6 Å². The number of rotatable bonds is 10. The third kappa shape index (κ3) is 7.17. The van der Waals surface area contributed by atoms with Gasteiger partial charge in [-0.15, -0.1) is 0 Å². The SMILES string of the molecule is CC(=O)C[C@@H](N)C(=O)N[C@H](C)C(=O)NCC(C)Oc1ccc2c(c1C(=O)O)O[B-](O)(O)CC2. The molecule has 0 bridgehead atoms. The van der Waals surface area contributed by atoms with Gasteiger partial charge in [0.2, 0.25) is 11.8 Å². The van der Waals surface area contributed by atoms with Gasteiger partial charge in [-0.25, -0.2) is 4.79 Å². The van der Waals surface area contributed by atoms with Gasteiger partial charge in [0.15, 0.2) is 0 Å². The Morgan fingerprint density at radius 3 is 2.48 bits per heavy atom. The number of carbonyl (C=O) groups excluding carboxylic acids is 3. The smallest absolute Gasteiger partial charge is 0.430 e. The summed E-state index contributed by atoms with van der Waals surface area (Å²) in [6.07, 6.45) is -0.650. The Labute approximate surface area is 190 Å². The fraction of sp³-hybridized carbons (Fsp3) is 0.500. The normalized spacial score (nSPS) is 16.9. The number of hydrogen-bond acceptors (Lipinski definition) is 9. The lowest BCUT2D eigenvalue weighted by molar-refractivity contribution is -0.130. The number of carbonyl (C=O) groups is 4. The van der Waals surface area contributed by atoms with Crippen molar-refractivity contribution in [1.29, 1.82) is 0 Å². The van der Waals surface area contributed by atoms with Crippen LogP contribution in [0.2, 0.25) is 6.32 Å². The molecule has 13 heteroatoms. The molecule has 0 saturated carbocycles. The average molecular weight is 466 g/mol. The molecule has 1 heterocycles. The maximum absolute atomic E-state index is 12.3. The van der Waals surface area contributed by atoms with E-state index < -0.39 is 42.7 Å². The fourth-order valence-electron chi connectivity index (χ4n) is 3.28. The first-order chi connectivity index (χ1) is 15.3. The van der Waals surface area contributed by atoms with E-state index in [-0.39, 0.29) is 48.6 Å². The minimum Gasteiger partial charge on any atom is -0.669 e. The molecule has 0 aromatic heterocycles. The van der Waals surface area contributed by atoms with Crippen molar-refractivity contribution in [2.45, 2.75) is 58.1 Å². The number of aromatic carboxylic acids is 1. The highest BCUT2D eigenvalue weighted by Gasteiger charge is 2.33. The molecule has 1 aliphatic heterocycles. The standard InChI is InChI=1S/C20H29BN3O9/c1-10(25)8-14(22)19(27)24-12(3)18(26)23-9-11(2)32-15-5-4-13-6-7-21(30,31)33-17(13)16(15)20(28)29/h4-5,11-12,14,30-31H,6-9,22H2,1-3H3,(H,23,26)(H,24,27)(H,28,29)/q-1/t11?,12-,14-/m1/s1. The Kier molecular flexibility index (Phi) is 8.42. The van der Waals surface area contributed by atoms with Crippen LogP contribution in [0, 0.1) is 0 Å². The van der Waals surface area contributed by atoms with Gasteiger partial charge in [-0.2, -0.15) is 0 Å². The topological polar surface area (TPSA) is 198 Å². The molecule has 1 aliphatic rings. The Balaban J connectivity index is 1.99. The molecule has 2 rings (SSSR count). The number of nitrogens with two attached hydrogens (primary N) is 1. The number of carboxylic acid groups (broad SMARTS) is 1. The lowest BCUT2D eigenvalue weighted by atomic mass is 9.70. The van der Waals surface area contributed by atoms with Gasteiger partial charge in [0.25, 0.3) is 0 Å². The second kappa shape index (κ2) is 10.6. The van der Waals surface area contributed by atoms with Crippen LogP contribution in [0.5, 0.6) is 11.5 Å². The van der Waals surface area contributed by atoms with Gasteiger partial charge in [0, 0.05) is 6.42 Å². The number of hydrogen-bond donors (Lipinski definition) is 6. The van der Waals surface area contributed by atoms with Gasteiger partial charge in [0.05, 0.1) is 18.3 Å². The highest BCUT2D eigenvalue weighted by Crippen LogP contribution is 2.38. The van der Waals surface area contributed by atoms with Gasteiger partial charge in [0.1, 0.15) is 29.2 Å².